The van der Waals surface area contributed by atoms with Gasteiger partial charge in [-0.15, -0.1) is 0 Å². The van der Waals surface area contributed by atoms with Crippen LogP contribution in [0.3, 0.4) is 0 Å². The molecule has 0 saturated carbocycles. The molecule has 0 aliphatic rings. The molecule has 2 nitrogen and oxygen atoms in total. The van der Waals surface area contributed by atoms with E-state index in [4.69, 9.17) is 11.6 Å². The lowest BCUT2D eigenvalue weighted by Gasteiger charge is -2.37. The van der Waals surface area contributed by atoms with Crippen LogP contribution in [0.4, 0.5) is 5.69 Å². The summed E-state index contributed by atoms with van der Waals surface area (Å²) in [6.07, 6.45) is 0.854. The molecule has 0 aliphatic carbocycles. The second-order valence-corrected chi connectivity index (χ2v) is 5.91. The van der Waals surface area contributed by atoms with Gasteiger partial charge in [0.1, 0.15) is 0 Å². The molecular weight excluding hydrogens is 234 g/mol. The number of anilines is 1. The summed E-state index contributed by atoms with van der Waals surface area (Å²) in [5, 5.41) is 0.590. The van der Waals surface area contributed by atoms with E-state index in [9.17, 15) is 4.79 Å². The summed E-state index contributed by atoms with van der Waals surface area (Å²) in [5.74, 6) is 0. The Hall–Kier alpha value is -1.02. The van der Waals surface area contributed by atoms with E-state index in [1.165, 1.54) is 0 Å². The summed E-state index contributed by atoms with van der Waals surface area (Å²) >= 11 is 5.89. The average molecular weight is 254 g/mol. The number of aldehydes is 1. The van der Waals surface area contributed by atoms with Gasteiger partial charge in [0.15, 0.2) is 6.29 Å². The van der Waals surface area contributed by atoms with Gasteiger partial charge in [-0.25, -0.2) is 0 Å². The zero-order chi connectivity index (χ0) is 13.2. The van der Waals surface area contributed by atoms with E-state index in [0.29, 0.717) is 16.6 Å². The highest BCUT2D eigenvalue weighted by atomic mass is 35.5. The Morgan fingerprint density at radius 3 is 2.41 bits per heavy atom. The lowest BCUT2D eigenvalue weighted by molar-refractivity contribution is 0.112. The average Bonchev–Trinajstić information content (AvgIpc) is 2.25. The maximum absolute atomic E-state index is 11.1. The maximum Gasteiger partial charge on any atom is 0.152 e. The second-order valence-electron chi connectivity index (χ2n) is 5.47. The van der Waals surface area contributed by atoms with Gasteiger partial charge in [-0.2, -0.15) is 0 Å². The van der Waals surface area contributed by atoms with Crippen LogP contribution in [0.1, 0.15) is 38.1 Å². The monoisotopic (exact) mass is 253 g/mol. The third-order valence-electron chi connectivity index (χ3n) is 3.33. The smallest absolute Gasteiger partial charge is 0.152 e. The van der Waals surface area contributed by atoms with Crippen molar-refractivity contribution >= 4 is 23.6 Å². The predicted octanol–water partition coefficient (Wildman–Crippen LogP) is 4.02. The van der Waals surface area contributed by atoms with E-state index >= 15 is 0 Å². The number of halogens is 1. The van der Waals surface area contributed by atoms with Gasteiger partial charge >= 0.3 is 0 Å². The summed E-state index contributed by atoms with van der Waals surface area (Å²) in [4.78, 5) is 13.2. The highest BCUT2D eigenvalue weighted by Crippen LogP contribution is 2.30. The number of nitrogens with zero attached hydrogens (tertiary/aromatic N) is 1. The summed E-state index contributed by atoms with van der Waals surface area (Å²) in [7, 11) is 2.01. The topological polar surface area (TPSA) is 20.3 Å². The number of hydrogen-bond acceptors (Lipinski definition) is 2. The highest BCUT2D eigenvalue weighted by Gasteiger charge is 2.25. The third-order valence-corrected chi connectivity index (χ3v) is 3.57. The van der Waals surface area contributed by atoms with Gasteiger partial charge in [0.05, 0.1) is 0 Å². The molecule has 1 aromatic carbocycles. The Labute approximate surface area is 109 Å². The van der Waals surface area contributed by atoms with Gasteiger partial charge in [0.25, 0.3) is 0 Å². The minimum atomic E-state index is 0.147. The van der Waals surface area contributed by atoms with E-state index in [-0.39, 0.29) is 5.41 Å². The van der Waals surface area contributed by atoms with Crippen LogP contribution in [0.25, 0.3) is 0 Å². The maximum atomic E-state index is 11.1. The first-order chi connectivity index (χ1) is 7.77. The van der Waals surface area contributed by atoms with Crippen LogP contribution >= 0.6 is 11.6 Å². The molecule has 94 valence electrons. The largest absolute Gasteiger partial charge is 0.371 e. The van der Waals surface area contributed by atoms with Crippen LogP contribution < -0.4 is 4.90 Å². The molecule has 1 atom stereocenters. The second kappa shape index (κ2) is 5.09. The van der Waals surface area contributed by atoms with E-state index in [2.05, 4.69) is 32.6 Å². The Balaban J connectivity index is 3.12. The fraction of sp³-hybridized carbons (Fsp3) is 0.500. The molecular formula is C14H20ClNO. The predicted molar refractivity (Wildman–Crippen MR) is 74.2 cm³/mol. The Bertz CT molecular complexity index is 409. The molecule has 17 heavy (non-hydrogen) atoms. The molecule has 0 aliphatic heterocycles. The minimum absolute atomic E-state index is 0.147. The summed E-state index contributed by atoms with van der Waals surface area (Å²) in [6.45, 7) is 8.71. The van der Waals surface area contributed by atoms with Gasteiger partial charge in [0.2, 0.25) is 0 Å². The van der Waals surface area contributed by atoms with Crippen molar-refractivity contribution in [3.05, 3.63) is 28.8 Å². The summed E-state index contributed by atoms with van der Waals surface area (Å²) < 4.78 is 0. The van der Waals surface area contributed by atoms with Crippen LogP contribution in [0.15, 0.2) is 18.2 Å². The molecule has 3 heteroatoms. The third kappa shape index (κ3) is 3.22. The Morgan fingerprint density at radius 2 is 1.94 bits per heavy atom. The molecule has 1 rings (SSSR count). The Morgan fingerprint density at radius 1 is 1.35 bits per heavy atom. The van der Waals surface area contributed by atoms with E-state index in [1.54, 1.807) is 6.07 Å². The SMILES string of the molecule is CC(N(C)c1ccc(Cl)cc1C=O)C(C)(C)C. The van der Waals surface area contributed by atoms with Crippen molar-refractivity contribution in [3.63, 3.8) is 0 Å². The molecule has 0 aromatic heterocycles. The first-order valence-corrected chi connectivity index (χ1v) is 6.12. The van der Waals surface area contributed by atoms with Crippen molar-refractivity contribution in [3.8, 4) is 0 Å². The summed E-state index contributed by atoms with van der Waals surface area (Å²) in [5.41, 5.74) is 1.71. The number of rotatable bonds is 3. The Kier molecular flexibility index (Phi) is 4.21. The number of hydrogen-bond donors (Lipinski definition) is 0. The van der Waals surface area contributed by atoms with Crippen molar-refractivity contribution in [2.24, 2.45) is 5.41 Å². The molecule has 1 unspecified atom stereocenters. The van der Waals surface area contributed by atoms with Crippen LogP contribution in [-0.2, 0) is 0 Å². The highest BCUT2D eigenvalue weighted by molar-refractivity contribution is 6.31. The normalized spacial score (nSPS) is 13.3. The molecule has 0 N–H and O–H groups in total. The molecule has 0 spiro atoms. The van der Waals surface area contributed by atoms with Crippen LogP contribution in [0.5, 0.6) is 0 Å². The molecule has 1 aromatic rings. The first-order valence-electron chi connectivity index (χ1n) is 5.75. The zero-order valence-corrected chi connectivity index (χ0v) is 11.9. The fourth-order valence-corrected chi connectivity index (χ4v) is 1.91. The van der Waals surface area contributed by atoms with Crippen LogP contribution in [-0.4, -0.2) is 19.4 Å². The van der Waals surface area contributed by atoms with E-state index < -0.39 is 0 Å². The number of carbonyl (C=O) groups is 1. The minimum Gasteiger partial charge on any atom is -0.371 e. The quantitative estimate of drug-likeness (QED) is 0.759. The van der Waals surface area contributed by atoms with Crippen molar-refractivity contribution in [1.82, 2.24) is 0 Å². The van der Waals surface area contributed by atoms with Gasteiger partial charge < -0.3 is 4.90 Å². The van der Waals surface area contributed by atoms with Crippen LogP contribution in [0, 0.1) is 5.41 Å². The van der Waals surface area contributed by atoms with E-state index in [1.807, 2.05) is 19.2 Å². The molecule has 0 fully saturated rings. The lowest BCUT2D eigenvalue weighted by atomic mass is 9.86. The molecule has 0 radical (unpaired) electrons. The number of benzene rings is 1. The van der Waals surface area contributed by atoms with Gasteiger partial charge in [-0.3, -0.25) is 4.79 Å². The van der Waals surface area contributed by atoms with Crippen molar-refractivity contribution in [2.75, 3.05) is 11.9 Å². The molecule has 0 bridgehead atoms. The van der Waals surface area contributed by atoms with Crippen LogP contribution in [0.2, 0.25) is 5.02 Å². The van der Waals surface area contributed by atoms with Gasteiger partial charge in [-0.1, -0.05) is 32.4 Å². The standard InChI is InChI=1S/C14H20ClNO/c1-10(14(2,3)4)16(5)13-7-6-12(15)8-11(13)9-17/h6-10H,1-5H3. The van der Waals surface area contributed by atoms with Crippen molar-refractivity contribution < 1.29 is 4.79 Å². The first kappa shape index (κ1) is 14.0. The molecule has 0 saturated heterocycles. The van der Waals surface area contributed by atoms with Gasteiger partial charge in [0, 0.05) is 29.4 Å². The fourth-order valence-electron chi connectivity index (χ4n) is 1.73. The lowest BCUT2D eigenvalue weighted by Crippen LogP contribution is -2.39. The number of carbonyl (C=O) groups excluding carboxylic acids is 1. The zero-order valence-electron chi connectivity index (χ0n) is 11.1. The summed E-state index contributed by atoms with van der Waals surface area (Å²) in [6, 6.07) is 5.74. The van der Waals surface area contributed by atoms with Gasteiger partial charge in [-0.05, 0) is 30.5 Å². The van der Waals surface area contributed by atoms with Crippen molar-refractivity contribution in [2.45, 2.75) is 33.7 Å². The van der Waals surface area contributed by atoms with Crippen molar-refractivity contribution in [1.29, 1.82) is 0 Å². The molecule has 0 amide bonds. The van der Waals surface area contributed by atoms with E-state index in [0.717, 1.165) is 12.0 Å². The molecule has 0 heterocycles.